The number of hydrogen-bond acceptors (Lipinski definition) is 8. The van der Waals surface area contributed by atoms with E-state index in [1.165, 1.54) is 6.07 Å². The summed E-state index contributed by atoms with van der Waals surface area (Å²) in [7, 11) is 0. The number of nitrogens with zero attached hydrogens (tertiary/aromatic N) is 3. The third-order valence-electron chi connectivity index (χ3n) is 4.25. The molecule has 2 aromatic heterocycles. The van der Waals surface area contributed by atoms with Gasteiger partial charge in [0.05, 0.1) is 5.56 Å². The van der Waals surface area contributed by atoms with Gasteiger partial charge in [-0.25, -0.2) is 0 Å². The summed E-state index contributed by atoms with van der Waals surface area (Å²) < 4.78 is 10.6. The fourth-order valence-electron chi connectivity index (χ4n) is 2.82. The molecule has 3 aromatic rings. The Bertz CT molecular complexity index is 1010. The van der Waals surface area contributed by atoms with E-state index in [9.17, 15) is 15.0 Å². The third-order valence-corrected chi connectivity index (χ3v) is 4.25. The highest BCUT2D eigenvalue weighted by Crippen LogP contribution is 2.42. The van der Waals surface area contributed by atoms with Crippen molar-refractivity contribution in [2.24, 2.45) is 0 Å². The lowest BCUT2D eigenvalue weighted by Crippen LogP contribution is -2.23. The molecule has 28 heavy (non-hydrogen) atoms. The molecule has 0 aliphatic carbocycles. The first-order valence-corrected chi connectivity index (χ1v) is 9.04. The van der Waals surface area contributed by atoms with Crippen LogP contribution < -0.4 is 5.32 Å². The quantitative estimate of drug-likeness (QED) is 0.588. The van der Waals surface area contributed by atoms with Crippen molar-refractivity contribution in [3.05, 3.63) is 29.3 Å². The van der Waals surface area contributed by atoms with Crippen molar-refractivity contribution in [1.82, 2.24) is 20.6 Å². The number of aryl methyl sites for hydroxylation is 1. The molecule has 0 radical (unpaired) electrons. The van der Waals surface area contributed by atoms with Crippen molar-refractivity contribution in [2.75, 3.05) is 6.54 Å². The van der Waals surface area contributed by atoms with Gasteiger partial charge in [0.1, 0.15) is 17.1 Å². The van der Waals surface area contributed by atoms with Gasteiger partial charge in [-0.05, 0) is 24.5 Å². The van der Waals surface area contributed by atoms with Gasteiger partial charge in [-0.3, -0.25) is 4.79 Å². The highest BCUT2D eigenvalue weighted by molar-refractivity contribution is 6.01. The van der Waals surface area contributed by atoms with Crippen LogP contribution >= 0.6 is 0 Å². The van der Waals surface area contributed by atoms with E-state index in [0.29, 0.717) is 24.4 Å². The topological polar surface area (TPSA) is 135 Å². The molecule has 2 heterocycles. The summed E-state index contributed by atoms with van der Waals surface area (Å²) in [5.74, 6) is -0.0861. The number of carbonyl (C=O) groups is 1. The Hall–Kier alpha value is -3.36. The van der Waals surface area contributed by atoms with Gasteiger partial charge in [0.25, 0.3) is 5.91 Å². The first-order valence-electron chi connectivity index (χ1n) is 9.04. The minimum atomic E-state index is -0.460. The molecule has 0 spiro atoms. The lowest BCUT2D eigenvalue weighted by molar-refractivity contribution is 0.0947. The van der Waals surface area contributed by atoms with E-state index in [1.54, 1.807) is 13.0 Å². The maximum Gasteiger partial charge on any atom is 0.274 e. The van der Waals surface area contributed by atoms with Crippen molar-refractivity contribution in [2.45, 2.75) is 40.0 Å². The molecule has 0 atom stereocenters. The molecule has 1 aromatic carbocycles. The Kier molecular flexibility index (Phi) is 5.34. The second kappa shape index (κ2) is 7.71. The predicted octanol–water partition coefficient (Wildman–Crippen LogP) is 3.24. The number of aromatic hydroxyl groups is 2. The van der Waals surface area contributed by atoms with Gasteiger partial charge in [-0.1, -0.05) is 31.1 Å². The fraction of sp³-hybridized carbons (Fsp3) is 0.368. The van der Waals surface area contributed by atoms with Gasteiger partial charge in [0.15, 0.2) is 11.5 Å². The number of amides is 1. The summed E-state index contributed by atoms with van der Waals surface area (Å²) in [6.07, 6.45) is 0.520. The molecule has 9 nitrogen and oxygen atoms in total. The van der Waals surface area contributed by atoms with E-state index in [0.717, 1.165) is 0 Å². The second-order valence-corrected chi connectivity index (χ2v) is 6.54. The van der Waals surface area contributed by atoms with Gasteiger partial charge >= 0.3 is 0 Å². The average molecular weight is 386 g/mol. The molecule has 3 rings (SSSR count). The number of aromatic nitrogens is 3. The smallest absolute Gasteiger partial charge is 0.274 e. The molecule has 1 amide bonds. The third kappa shape index (κ3) is 3.42. The molecule has 0 saturated heterocycles. The maximum atomic E-state index is 12.5. The lowest BCUT2D eigenvalue weighted by Gasteiger charge is -2.11. The first-order chi connectivity index (χ1) is 13.4. The Balaban J connectivity index is 2.25. The Morgan fingerprint density at radius 3 is 2.50 bits per heavy atom. The van der Waals surface area contributed by atoms with Crippen molar-refractivity contribution < 1.29 is 24.1 Å². The summed E-state index contributed by atoms with van der Waals surface area (Å²) in [5, 5.41) is 31.0. The van der Waals surface area contributed by atoms with Gasteiger partial charge in [0.2, 0.25) is 11.7 Å². The predicted molar refractivity (Wildman–Crippen MR) is 100 cm³/mol. The number of rotatable bonds is 6. The minimum Gasteiger partial charge on any atom is -0.508 e. The van der Waals surface area contributed by atoms with E-state index in [2.05, 4.69) is 20.6 Å². The highest BCUT2D eigenvalue weighted by atomic mass is 16.5. The van der Waals surface area contributed by atoms with Crippen LogP contribution in [0.4, 0.5) is 0 Å². The number of nitrogens with one attached hydrogen (secondary N) is 1. The maximum absolute atomic E-state index is 12.5. The van der Waals surface area contributed by atoms with Gasteiger partial charge in [-0.15, -0.1) is 0 Å². The van der Waals surface area contributed by atoms with E-state index in [4.69, 9.17) is 9.05 Å². The van der Waals surface area contributed by atoms with Crippen LogP contribution in [0.5, 0.6) is 11.5 Å². The van der Waals surface area contributed by atoms with Crippen LogP contribution in [0.1, 0.15) is 55.6 Å². The SMILES string of the molecule is CCNC(=O)c1noc(-c2cc(C(C)C)c(O)cc2O)c1-c1noc(CC)n1. The summed E-state index contributed by atoms with van der Waals surface area (Å²) in [6, 6.07) is 2.83. The van der Waals surface area contributed by atoms with Crippen molar-refractivity contribution in [1.29, 1.82) is 0 Å². The number of phenolic OH excluding ortho intramolecular Hbond substituents is 2. The summed E-state index contributed by atoms with van der Waals surface area (Å²) >= 11 is 0. The number of hydrogen-bond donors (Lipinski definition) is 3. The zero-order chi connectivity index (χ0) is 20.4. The molecule has 3 N–H and O–H groups in total. The minimum absolute atomic E-state index is 0.00884. The van der Waals surface area contributed by atoms with E-state index < -0.39 is 5.91 Å². The van der Waals surface area contributed by atoms with E-state index in [1.807, 2.05) is 20.8 Å². The molecule has 0 fully saturated rings. The van der Waals surface area contributed by atoms with Crippen LogP contribution in [0.3, 0.4) is 0 Å². The van der Waals surface area contributed by atoms with E-state index in [-0.39, 0.29) is 45.8 Å². The zero-order valence-corrected chi connectivity index (χ0v) is 16.1. The molecule has 0 unspecified atom stereocenters. The molecule has 148 valence electrons. The molecule has 0 saturated carbocycles. The van der Waals surface area contributed by atoms with Crippen LogP contribution in [-0.2, 0) is 6.42 Å². The van der Waals surface area contributed by atoms with Gasteiger partial charge in [-0.2, -0.15) is 4.98 Å². The number of carbonyl (C=O) groups excluding carboxylic acids is 1. The van der Waals surface area contributed by atoms with Crippen molar-refractivity contribution >= 4 is 5.91 Å². The van der Waals surface area contributed by atoms with Gasteiger partial charge in [0, 0.05) is 19.0 Å². The molecular formula is C19H22N4O5. The van der Waals surface area contributed by atoms with Crippen LogP contribution in [-0.4, -0.2) is 38.0 Å². The monoisotopic (exact) mass is 386 g/mol. The number of benzene rings is 1. The zero-order valence-electron chi connectivity index (χ0n) is 16.1. The van der Waals surface area contributed by atoms with Crippen LogP contribution in [0.2, 0.25) is 0 Å². The largest absolute Gasteiger partial charge is 0.508 e. The second-order valence-electron chi connectivity index (χ2n) is 6.54. The molecule has 0 bridgehead atoms. The van der Waals surface area contributed by atoms with Crippen molar-refractivity contribution in [3.8, 4) is 34.2 Å². The summed E-state index contributed by atoms with van der Waals surface area (Å²) in [4.78, 5) is 16.7. The van der Waals surface area contributed by atoms with Crippen molar-refractivity contribution in [3.63, 3.8) is 0 Å². The molecule has 0 aliphatic rings. The molecule has 9 heteroatoms. The normalized spacial score (nSPS) is 11.2. The van der Waals surface area contributed by atoms with Gasteiger partial charge < -0.3 is 24.6 Å². The Morgan fingerprint density at radius 2 is 1.89 bits per heavy atom. The summed E-state index contributed by atoms with van der Waals surface area (Å²) in [6.45, 7) is 7.85. The molecular weight excluding hydrogens is 364 g/mol. The standard InChI is InChI=1S/C19H22N4O5/c1-5-14-21-18(23-27-14)15-16(19(26)20-6-2)22-28-17(15)11-7-10(9(3)4)12(24)8-13(11)25/h7-9,24-25H,5-6H2,1-4H3,(H,20,26). The average Bonchev–Trinajstić information content (AvgIpc) is 3.28. The van der Waals surface area contributed by atoms with Crippen LogP contribution in [0.15, 0.2) is 21.2 Å². The Labute approximate surface area is 161 Å². The lowest BCUT2D eigenvalue weighted by atomic mass is 9.96. The fourth-order valence-corrected chi connectivity index (χ4v) is 2.82. The van der Waals surface area contributed by atoms with E-state index >= 15 is 0 Å². The van der Waals surface area contributed by atoms with Crippen LogP contribution in [0.25, 0.3) is 22.7 Å². The van der Waals surface area contributed by atoms with Crippen LogP contribution in [0, 0.1) is 0 Å². The highest BCUT2D eigenvalue weighted by Gasteiger charge is 2.29. The Morgan fingerprint density at radius 1 is 1.14 bits per heavy atom. The first kappa shape index (κ1) is 19.4. The molecule has 0 aliphatic heterocycles. The number of phenols is 2. The summed E-state index contributed by atoms with van der Waals surface area (Å²) in [5.41, 5.74) is 1.07.